The van der Waals surface area contributed by atoms with Crippen molar-refractivity contribution in [1.29, 1.82) is 0 Å². The van der Waals surface area contributed by atoms with Crippen molar-refractivity contribution in [3.05, 3.63) is 30.0 Å². The maximum atomic E-state index is 12.0. The number of carboxylic acids is 1. The molecule has 0 radical (unpaired) electrons. The molecule has 0 bridgehead atoms. The molecule has 1 aliphatic heterocycles. The molecule has 1 amide bonds. The van der Waals surface area contributed by atoms with Gasteiger partial charge in [-0.15, -0.1) is 0 Å². The Kier molecular flexibility index (Phi) is 4.47. The van der Waals surface area contributed by atoms with Gasteiger partial charge in [0.25, 0.3) is 5.91 Å². The van der Waals surface area contributed by atoms with Crippen LogP contribution in [0, 0.1) is 5.92 Å². The molecule has 2 unspecified atom stereocenters. The Hall–Kier alpha value is -2.21. The second-order valence-corrected chi connectivity index (χ2v) is 4.69. The Bertz CT molecular complexity index is 542. The first kappa shape index (κ1) is 14.2. The van der Waals surface area contributed by atoms with E-state index in [-0.39, 0.29) is 11.8 Å². The lowest BCUT2D eigenvalue weighted by Crippen LogP contribution is -2.31. The normalized spacial score (nSPS) is 22.1. The number of aromatic nitrogens is 1. The number of anilines is 1. The standard InChI is InChI=1S/C14H16N2O4/c1-9-5-7-20-13(9)14(19)16-11-8-10(4-6-15-11)2-3-12(17)18/h2-4,6,8-9,13H,5,7H2,1H3,(H,17,18)(H,15,16,19)/b3-2+. The van der Waals surface area contributed by atoms with Gasteiger partial charge < -0.3 is 15.2 Å². The largest absolute Gasteiger partial charge is 0.478 e. The molecule has 1 aromatic rings. The van der Waals surface area contributed by atoms with Gasteiger partial charge in [-0.05, 0) is 36.1 Å². The number of aliphatic carboxylic acids is 1. The molecule has 0 aliphatic carbocycles. The second kappa shape index (κ2) is 6.29. The van der Waals surface area contributed by atoms with Crippen LogP contribution in [0.25, 0.3) is 6.08 Å². The Morgan fingerprint density at radius 3 is 3.00 bits per heavy atom. The fraction of sp³-hybridized carbons (Fsp3) is 0.357. The number of carbonyl (C=O) groups is 2. The van der Waals surface area contributed by atoms with Crippen LogP contribution in [0.5, 0.6) is 0 Å². The van der Waals surface area contributed by atoms with E-state index in [0.717, 1.165) is 12.5 Å². The lowest BCUT2D eigenvalue weighted by atomic mass is 10.0. The Morgan fingerprint density at radius 1 is 1.55 bits per heavy atom. The van der Waals surface area contributed by atoms with Crippen LogP contribution in [0.15, 0.2) is 24.4 Å². The fourth-order valence-electron chi connectivity index (χ4n) is 2.01. The van der Waals surface area contributed by atoms with Crippen LogP contribution in [-0.4, -0.2) is 34.7 Å². The molecular weight excluding hydrogens is 260 g/mol. The minimum atomic E-state index is -1.03. The van der Waals surface area contributed by atoms with Crippen molar-refractivity contribution in [3.8, 4) is 0 Å². The van der Waals surface area contributed by atoms with E-state index in [1.54, 1.807) is 12.1 Å². The number of carboxylic acid groups (broad SMARTS) is 1. The predicted molar refractivity (Wildman–Crippen MR) is 73.1 cm³/mol. The van der Waals surface area contributed by atoms with E-state index in [1.807, 2.05) is 6.92 Å². The maximum absolute atomic E-state index is 12.0. The lowest BCUT2D eigenvalue weighted by Gasteiger charge is -2.14. The molecule has 2 heterocycles. The Morgan fingerprint density at radius 2 is 2.35 bits per heavy atom. The predicted octanol–water partition coefficient (Wildman–Crippen LogP) is 1.54. The summed E-state index contributed by atoms with van der Waals surface area (Å²) in [7, 11) is 0. The minimum Gasteiger partial charge on any atom is -0.478 e. The second-order valence-electron chi connectivity index (χ2n) is 4.69. The van der Waals surface area contributed by atoms with Crippen molar-refractivity contribution in [2.24, 2.45) is 5.92 Å². The lowest BCUT2D eigenvalue weighted by molar-refractivity contribution is -0.131. The third-order valence-electron chi connectivity index (χ3n) is 3.10. The number of amides is 1. The zero-order valence-corrected chi connectivity index (χ0v) is 11.1. The van der Waals surface area contributed by atoms with Gasteiger partial charge in [0, 0.05) is 18.9 Å². The van der Waals surface area contributed by atoms with Crippen LogP contribution >= 0.6 is 0 Å². The molecule has 2 N–H and O–H groups in total. The average Bonchev–Trinajstić information content (AvgIpc) is 2.83. The summed E-state index contributed by atoms with van der Waals surface area (Å²) in [5.74, 6) is -0.683. The summed E-state index contributed by atoms with van der Waals surface area (Å²) in [6, 6.07) is 3.26. The van der Waals surface area contributed by atoms with Crippen molar-refractivity contribution in [3.63, 3.8) is 0 Å². The molecule has 1 saturated heterocycles. The van der Waals surface area contributed by atoms with Crippen LogP contribution in [-0.2, 0) is 14.3 Å². The first-order valence-electron chi connectivity index (χ1n) is 6.36. The van der Waals surface area contributed by atoms with Gasteiger partial charge in [0.05, 0.1) is 0 Å². The van der Waals surface area contributed by atoms with Crippen LogP contribution in [0.2, 0.25) is 0 Å². The summed E-state index contributed by atoms with van der Waals surface area (Å²) in [5.41, 5.74) is 0.651. The molecule has 1 fully saturated rings. The molecule has 6 heteroatoms. The number of carbonyl (C=O) groups excluding carboxylic acids is 1. The van der Waals surface area contributed by atoms with E-state index in [0.29, 0.717) is 18.0 Å². The minimum absolute atomic E-state index is 0.185. The summed E-state index contributed by atoms with van der Waals surface area (Å²) < 4.78 is 5.38. The van der Waals surface area contributed by atoms with Crippen molar-refractivity contribution >= 4 is 23.8 Å². The number of hydrogen-bond donors (Lipinski definition) is 2. The molecule has 6 nitrogen and oxygen atoms in total. The van der Waals surface area contributed by atoms with E-state index >= 15 is 0 Å². The van der Waals surface area contributed by atoms with Gasteiger partial charge in [0.15, 0.2) is 0 Å². The molecule has 106 valence electrons. The first-order chi connectivity index (χ1) is 9.56. The molecule has 1 aliphatic rings. The highest BCUT2D eigenvalue weighted by Crippen LogP contribution is 2.21. The number of nitrogens with zero attached hydrogens (tertiary/aromatic N) is 1. The van der Waals surface area contributed by atoms with Gasteiger partial charge in [-0.3, -0.25) is 4.79 Å². The van der Waals surface area contributed by atoms with E-state index in [4.69, 9.17) is 9.84 Å². The van der Waals surface area contributed by atoms with Crippen molar-refractivity contribution in [2.75, 3.05) is 11.9 Å². The zero-order valence-electron chi connectivity index (χ0n) is 11.1. The number of hydrogen-bond acceptors (Lipinski definition) is 4. The van der Waals surface area contributed by atoms with Crippen LogP contribution in [0.4, 0.5) is 5.82 Å². The zero-order chi connectivity index (χ0) is 14.5. The fourth-order valence-corrected chi connectivity index (χ4v) is 2.01. The topological polar surface area (TPSA) is 88.5 Å². The summed E-state index contributed by atoms with van der Waals surface area (Å²) in [6.45, 7) is 2.56. The van der Waals surface area contributed by atoms with Crippen molar-refractivity contribution < 1.29 is 19.4 Å². The molecule has 2 atom stereocenters. The highest BCUT2D eigenvalue weighted by Gasteiger charge is 2.30. The van der Waals surface area contributed by atoms with Gasteiger partial charge in [-0.2, -0.15) is 0 Å². The Labute approximate surface area is 116 Å². The summed E-state index contributed by atoms with van der Waals surface area (Å²) in [6.07, 6.45) is 4.40. The first-order valence-corrected chi connectivity index (χ1v) is 6.36. The highest BCUT2D eigenvalue weighted by atomic mass is 16.5. The van der Waals surface area contributed by atoms with Crippen LogP contribution in [0.3, 0.4) is 0 Å². The van der Waals surface area contributed by atoms with E-state index < -0.39 is 12.1 Å². The molecule has 0 spiro atoms. The van der Waals surface area contributed by atoms with E-state index in [2.05, 4.69) is 10.3 Å². The molecule has 20 heavy (non-hydrogen) atoms. The number of rotatable bonds is 4. The third kappa shape index (κ3) is 3.64. The molecule has 0 saturated carbocycles. The molecular formula is C14H16N2O4. The molecule has 0 aromatic carbocycles. The summed E-state index contributed by atoms with van der Waals surface area (Å²) in [5, 5.41) is 11.3. The van der Waals surface area contributed by atoms with Crippen molar-refractivity contribution in [1.82, 2.24) is 4.98 Å². The molecule has 2 rings (SSSR count). The quantitative estimate of drug-likeness (QED) is 0.814. The van der Waals surface area contributed by atoms with Gasteiger partial charge in [-0.25, -0.2) is 9.78 Å². The van der Waals surface area contributed by atoms with Crippen LogP contribution < -0.4 is 5.32 Å². The highest BCUT2D eigenvalue weighted by molar-refractivity contribution is 5.94. The van der Waals surface area contributed by atoms with Crippen LogP contribution in [0.1, 0.15) is 18.9 Å². The van der Waals surface area contributed by atoms with Gasteiger partial charge in [0.2, 0.25) is 0 Å². The van der Waals surface area contributed by atoms with E-state index in [9.17, 15) is 9.59 Å². The number of pyridine rings is 1. The monoisotopic (exact) mass is 276 g/mol. The smallest absolute Gasteiger partial charge is 0.328 e. The van der Waals surface area contributed by atoms with Crippen molar-refractivity contribution in [2.45, 2.75) is 19.4 Å². The molecule has 1 aromatic heterocycles. The van der Waals surface area contributed by atoms with Gasteiger partial charge in [0.1, 0.15) is 11.9 Å². The van der Waals surface area contributed by atoms with Gasteiger partial charge in [-0.1, -0.05) is 6.92 Å². The SMILES string of the molecule is CC1CCOC1C(=O)Nc1cc(/C=C/C(=O)O)ccn1. The Balaban J connectivity index is 2.04. The van der Waals surface area contributed by atoms with E-state index in [1.165, 1.54) is 12.3 Å². The number of nitrogens with one attached hydrogen (secondary N) is 1. The third-order valence-corrected chi connectivity index (χ3v) is 3.10. The summed E-state index contributed by atoms with van der Waals surface area (Å²) in [4.78, 5) is 26.5. The number of ether oxygens (including phenoxy) is 1. The van der Waals surface area contributed by atoms with Gasteiger partial charge >= 0.3 is 5.97 Å². The maximum Gasteiger partial charge on any atom is 0.328 e. The average molecular weight is 276 g/mol. The summed E-state index contributed by atoms with van der Waals surface area (Å²) >= 11 is 0.